The number of hydrogen-bond donors (Lipinski definition) is 1. The van der Waals surface area contributed by atoms with Crippen LogP contribution in [0.5, 0.6) is 0 Å². The van der Waals surface area contributed by atoms with Crippen LogP contribution in [-0.2, 0) is 9.47 Å². The molecule has 0 unspecified atom stereocenters. The van der Waals surface area contributed by atoms with Gasteiger partial charge in [-0.25, -0.2) is 4.79 Å². The highest BCUT2D eigenvalue weighted by molar-refractivity contribution is 5.59. The predicted octanol–water partition coefficient (Wildman–Crippen LogP) is 1.16. The van der Waals surface area contributed by atoms with Crippen molar-refractivity contribution in [1.82, 2.24) is 5.32 Å². The molecule has 0 saturated heterocycles. The lowest BCUT2D eigenvalue weighted by molar-refractivity contribution is 0.0548. The molecule has 0 aromatic carbocycles. The molecule has 0 aliphatic carbocycles. The van der Waals surface area contributed by atoms with Crippen LogP contribution >= 0.6 is 0 Å². The molecule has 4 nitrogen and oxygen atoms in total. The van der Waals surface area contributed by atoms with Crippen LogP contribution in [0.2, 0.25) is 0 Å². The van der Waals surface area contributed by atoms with Gasteiger partial charge in [-0.05, 0) is 26.4 Å². The molecule has 0 aromatic heterocycles. The smallest absolute Gasteiger partial charge is 0.434 e. The molecule has 0 spiro atoms. The van der Waals surface area contributed by atoms with E-state index in [0.717, 1.165) is 19.4 Å². The molecule has 0 saturated carbocycles. The third-order valence-corrected chi connectivity index (χ3v) is 1.22. The summed E-state index contributed by atoms with van der Waals surface area (Å²) in [5.41, 5.74) is 0. The second kappa shape index (κ2) is 8.33. The maximum atomic E-state index is 10.7. The van der Waals surface area contributed by atoms with Gasteiger partial charge in [-0.2, -0.15) is 0 Å². The summed E-state index contributed by atoms with van der Waals surface area (Å²) in [4.78, 5) is 10.7. The monoisotopic (exact) mass is 175 g/mol. The molecule has 72 valence electrons. The molecule has 0 aliphatic rings. The van der Waals surface area contributed by atoms with Crippen molar-refractivity contribution in [3.05, 3.63) is 0 Å². The van der Waals surface area contributed by atoms with E-state index in [9.17, 15) is 4.79 Å². The second-order valence-electron chi connectivity index (χ2n) is 2.40. The number of nitrogens with one attached hydrogen (secondary N) is 1. The Bertz CT molecular complexity index is 117. The molecule has 0 aliphatic heterocycles. The van der Waals surface area contributed by atoms with Gasteiger partial charge in [0.1, 0.15) is 0 Å². The fourth-order valence-electron chi connectivity index (χ4n) is 0.632. The van der Waals surface area contributed by atoms with E-state index in [0.29, 0.717) is 13.2 Å². The molecule has 4 heteroatoms. The lowest BCUT2D eigenvalue weighted by Crippen LogP contribution is -2.14. The zero-order valence-electron chi connectivity index (χ0n) is 7.76. The van der Waals surface area contributed by atoms with Crippen LogP contribution in [0, 0.1) is 0 Å². The van der Waals surface area contributed by atoms with Crippen molar-refractivity contribution in [1.29, 1.82) is 0 Å². The van der Waals surface area contributed by atoms with Crippen LogP contribution in [0.25, 0.3) is 0 Å². The minimum Gasteiger partial charge on any atom is -0.434 e. The van der Waals surface area contributed by atoms with E-state index in [4.69, 9.17) is 4.74 Å². The molecule has 0 heterocycles. The number of hydrogen-bond acceptors (Lipinski definition) is 4. The summed E-state index contributed by atoms with van der Waals surface area (Å²) < 4.78 is 9.43. The Balaban J connectivity index is 3.08. The zero-order valence-corrected chi connectivity index (χ0v) is 7.76. The van der Waals surface area contributed by atoms with E-state index in [2.05, 4.69) is 10.1 Å². The van der Waals surface area contributed by atoms with Crippen LogP contribution in [0.1, 0.15) is 19.8 Å². The van der Waals surface area contributed by atoms with E-state index in [1.807, 2.05) is 14.0 Å². The van der Waals surface area contributed by atoms with Crippen LogP contribution in [0.4, 0.5) is 4.79 Å². The average Bonchev–Trinajstić information content (AvgIpc) is 2.09. The van der Waals surface area contributed by atoms with Gasteiger partial charge in [0, 0.05) is 0 Å². The summed E-state index contributed by atoms with van der Waals surface area (Å²) in [6.07, 6.45) is 1.08. The van der Waals surface area contributed by atoms with Gasteiger partial charge >= 0.3 is 6.16 Å². The molecular weight excluding hydrogens is 158 g/mol. The van der Waals surface area contributed by atoms with E-state index in [1.165, 1.54) is 0 Å². The van der Waals surface area contributed by atoms with Crippen molar-refractivity contribution in [3.8, 4) is 0 Å². The summed E-state index contributed by atoms with van der Waals surface area (Å²) in [5, 5.41) is 2.95. The van der Waals surface area contributed by atoms with Crippen LogP contribution in [0.3, 0.4) is 0 Å². The predicted molar refractivity (Wildman–Crippen MR) is 46.1 cm³/mol. The molecule has 0 radical (unpaired) electrons. The van der Waals surface area contributed by atoms with Crippen molar-refractivity contribution in [2.24, 2.45) is 0 Å². The number of carbonyl (C=O) groups is 1. The first-order valence-corrected chi connectivity index (χ1v) is 4.25. The molecule has 12 heavy (non-hydrogen) atoms. The number of carbonyl (C=O) groups excluding carboxylic acids is 1. The molecule has 0 amide bonds. The van der Waals surface area contributed by atoms with Crippen LogP contribution in [-0.4, -0.2) is 33.0 Å². The topological polar surface area (TPSA) is 47.6 Å². The molecule has 0 fully saturated rings. The quantitative estimate of drug-likeness (QED) is 0.486. The highest BCUT2D eigenvalue weighted by atomic mass is 16.7. The van der Waals surface area contributed by atoms with Crippen molar-refractivity contribution in [2.45, 2.75) is 19.8 Å². The largest absolute Gasteiger partial charge is 0.508 e. The molecule has 1 N–H and O–H groups in total. The van der Waals surface area contributed by atoms with Crippen LogP contribution < -0.4 is 5.32 Å². The fraction of sp³-hybridized carbons (Fsp3) is 0.875. The first-order valence-electron chi connectivity index (χ1n) is 4.25. The molecule has 0 bridgehead atoms. The number of ether oxygens (including phenoxy) is 2. The van der Waals surface area contributed by atoms with Gasteiger partial charge in [0.15, 0.2) is 0 Å². The van der Waals surface area contributed by atoms with Gasteiger partial charge in [-0.15, -0.1) is 0 Å². The Kier molecular flexibility index (Phi) is 7.79. The number of rotatable bonds is 6. The SMILES string of the molecule is CCCOC(=O)OCCCNC. The Morgan fingerprint density at radius 1 is 1.33 bits per heavy atom. The van der Waals surface area contributed by atoms with Gasteiger partial charge < -0.3 is 14.8 Å². The first-order chi connectivity index (χ1) is 5.81. The van der Waals surface area contributed by atoms with Gasteiger partial charge in [-0.1, -0.05) is 6.92 Å². The Hall–Kier alpha value is -0.770. The standard InChI is InChI=1S/C8H17NO3/c1-3-6-11-8(10)12-7-4-5-9-2/h9H,3-7H2,1-2H3. The second-order valence-corrected chi connectivity index (χ2v) is 2.40. The van der Waals surface area contributed by atoms with E-state index >= 15 is 0 Å². The zero-order chi connectivity index (χ0) is 9.23. The maximum absolute atomic E-state index is 10.7. The normalized spacial score (nSPS) is 9.50. The van der Waals surface area contributed by atoms with Crippen molar-refractivity contribution in [2.75, 3.05) is 26.8 Å². The highest BCUT2D eigenvalue weighted by Gasteiger charge is 2.00. The lowest BCUT2D eigenvalue weighted by atomic mass is 10.5. The van der Waals surface area contributed by atoms with Gasteiger partial charge in [0.2, 0.25) is 0 Å². The minimum atomic E-state index is -0.562. The van der Waals surface area contributed by atoms with Crippen molar-refractivity contribution in [3.63, 3.8) is 0 Å². The first kappa shape index (κ1) is 11.2. The molecule has 0 atom stereocenters. The summed E-state index contributed by atoms with van der Waals surface area (Å²) in [5.74, 6) is 0. The molecule has 0 rings (SSSR count). The molecule has 0 aromatic rings. The maximum Gasteiger partial charge on any atom is 0.508 e. The Morgan fingerprint density at radius 3 is 2.58 bits per heavy atom. The average molecular weight is 175 g/mol. The van der Waals surface area contributed by atoms with Crippen LogP contribution in [0.15, 0.2) is 0 Å². The lowest BCUT2D eigenvalue weighted by Gasteiger charge is -2.04. The van der Waals surface area contributed by atoms with E-state index < -0.39 is 6.16 Å². The summed E-state index contributed by atoms with van der Waals surface area (Å²) in [7, 11) is 1.86. The van der Waals surface area contributed by atoms with Gasteiger partial charge in [-0.3, -0.25) is 0 Å². The third kappa shape index (κ3) is 7.34. The fourth-order valence-corrected chi connectivity index (χ4v) is 0.632. The summed E-state index contributed by atoms with van der Waals surface area (Å²) >= 11 is 0. The highest BCUT2D eigenvalue weighted by Crippen LogP contribution is 1.88. The third-order valence-electron chi connectivity index (χ3n) is 1.22. The Morgan fingerprint density at radius 2 is 2.00 bits per heavy atom. The minimum absolute atomic E-state index is 0.420. The molecular formula is C8H17NO3. The van der Waals surface area contributed by atoms with Gasteiger partial charge in [0.25, 0.3) is 0 Å². The summed E-state index contributed by atoms with van der Waals surface area (Å²) in [6, 6.07) is 0. The Labute approximate surface area is 73.2 Å². The van der Waals surface area contributed by atoms with E-state index in [-0.39, 0.29) is 0 Å². The van der Waals surface area contributed by atoms with Crippen molar-refractivity contribution >= 4 is 6.16 Å². The van der Waals surface area contributed by atoms with Gasteiger partial charge in [0.05, 0.1) is 13.2 Å². The van der Waals surface area contributed by atoms with Crippen molar-refractivity contribution < 1.29 is 14.3 Å². The summed E-state index contributed by atoms with van der Waals surface area (Å²) in [6.45, 7) is 3.64. The van der Waals surface area contributed by atoms with E-state index in [1.54, 1.807) is 0 Å².